The number of imidazole rings is 1. The Morgan fingerprint density at radius 2 is 0.892 bits per heavy atom. The van der Waals surface area contributed by atoms with E-state index >= 15 is 0 Å². The fourth-order valence-electron chi connectivity index (χ4n) is 5.10. The van der Waals surface area contributed by atoms with Crippen LogP contribution >= 0.6 is 0 Å². The van der Waals surface area contributed by atoms with Crippen LogP contribution in [-0.4, -0.2) is 20.2 Å². The van der Waals surface area contributed by atoms with Gasteiger partial charge in [-0.3, -0.25) is 0 Å². The monoisotopic (exact) mass is 504 g/mol. The number of phenolic OH excluding ortho intramolecular Hbond substituents is 2. The Balaban J connectivity index is 2.50. The van der Waals surface area contributed by atoms with Gasteiger partial charge >= 0.3 is 0 Å². The minimum absolute atomic E-state index is 0.170. The molecular formula is C33H48N2O2. The van der Waals surface area contributed by atoms with Gasteiger partial charge in [-0.25, -0.2) is 4.98 Å². The lowest BCUT2D eigenvalue weighted by Gasteiger charge is -2.32. The average molecular weight is 505 g/mol. The molecule has 0 aliphatic carbocycles. The van der Waals surface area contributed by atoms with Crippen molar-refractivity contribution in [3.63, 3.8) is 0 Å². The molecular weight excluding hydrogens is 456 g/mol. The molecule has 0 saturated carbocycles. The molecule has 37 heavy (non-hydrogen) atoms. The average Bonchev–Trinajstić information content (AvgIpc) is 3.12. The van der Waals surface area contributed by atoms with Crippen molar-refractivity contribution >= 4 is 0 Å². The van der Waals surface area contributed by atoms with Gasteiger partial charge in [0.05, 0.1) is 17.9 Å². The van der Waals surface area contributed by atoms with Gasteiger partial charge in [0.2, 0.25) is 0 Å². The lowest BCUT2D eigenvalue weighted by Crippen LogP contribution is -2.21. The van der Waals surface area contributed by atoms with Crippen LogP contribution in [0.25, 0.3) is 0 Å². The maximum Gasteiger partial charge on any atom is 0.123 e. The molecule has 4 heteroatoms. The van der Waals surface area contributed by atoms with E-state index in [-0.39, 0.29) is 27.6 Å². The minimum Gasteiger partial charge on any atom is -0.507 e. The van der Waals surface area contributed by atoms with Crippen LogP contribution in [0.2, 0.25) is 0 Å². The van der Waals surface area contributed by atoms with E-state index in [4.69, 9.17) is 4.98 Å². The van der Waals surface area contributed by atoms with Crippen molar-refractivity contribution < 1.29 is 10.2 Å². The van der Waals surface area contributed by atoms with E-state index in [1.165, 1.54) is 0 Å². The molecule has 0 bridgehead atoms. The van der Waals surface area contributed by atoms with E-state index in [1.807, 2.05) is 0 Å². The SMILES string of the molecule is Cc1[nH]cnc1C(c1cc(C(C)(C)C)c(O)c(C(C)(C)C)c1)c1cc(C(C)(C)C)c(O)c(C(C)(C)C)c1. The Kier molecular flexibility index (Phi) is 7.18. The molecule has 1 aromatic heterocycles. The van der Waals surface area contributed by atoms with Gasteiger partial charge in [-0.15, -0.1) is 0 Å². The number of rotatable bonds is 3. The van der Waals surface area contributed by atoms with Crippen LogP contribution in [0.4, 0.5) is 0 Å². The third-order valence-corrected chi connectivity index (χ3v) is 7.31. The molecule has 0 aliphatic heterocycles. The highest BCUT2D eigenvalue weighted by Gasteiger charge is 2.33. The number of H-pyrrole nitrogens is 1. The van der Waals surface area contributed by atoms with E-state index in [1.54, 1.807) is 6.33 Å². The summed E-state index contributed by atoms with van der Waals surface area (Å²) >= 11 is 0. The van der Waals surface area contributed by atoms with Gasteiger partial charge in [0.25, 0.3) is 0 Å². The summed E-state index contributed by atoms with van der Waals surface area (Å²) in [5.74, 6) is 0.576. The smallest absolute Gasteiger partial charge is 0.123 e. The first-order valence-corrected chi connectivity index (χ1v) is 13.4. The van der Waals surface area contributed by atoms with Crippen molar-refractivity contribution in [1.82, 2.24) is 9.97 Å². The van der Waals surface area contributed by atoms with Crippen LogP contribution in [-0.2, 0) is 21.7 Å². The molecule has 0 atom stereocenters. The quantitative estimate of drug-likeness (QED) is 0.335. The van der Waals surface area contributed by atoms with Crippen molar-refractivity contribution in [2.24, 2.45) is 0 Å². The number of aromatic amines is 1. The summed E-state index contributed by atoms with van der Waals surface area (Å²) in [6.07, 6.45) is 1.75. The number of aromatic nitrogens is 2. The van der Waals surface area contributed by atoms with Gasteiger partial charge in [0, 0.05) is 5.69 Å². The van der Waals surface area contributed by atoms with Crippen LogP contribution in [0.5, 0.6) is 11.5 Å². The third kappa shape index (κ3) is 5.73. The Labute approximate surface area is 224 Å². The summed E-state index contributed by atoms with van der Waals surface area (Å²) in [7, 11) is 0. The maximum atomic E-state index is 11.4. The standard InChI is InChI=1S/C33H48N2O2/c1-19-27(35-18-34-19)26(20-14-22(30(2,3)4)28(36)23(15-20)31(5,6)7)21-16-24(32(8,9)10)29(37)25(17-21)33(11,12)13/h14-18,26,36-37H,1-13H3,(H,34,35). The second kappa shape index (κ2) is 9.22. The van der Waals surface area contributed by atoms with E-state index in [9.17, 15) is 10.2 Å². The minimum atomic E-state index is -0.243. The van der Waals surface area contributed by atoms with Crippen LogP contribution in [0.3, 0.4) is 0 Å². The molecule has 1 heterocycles. The molecule has 2 aromatic carbocycles. The van der Waals surface area contributed by atoms with E-state index in [0.29, 0.717) is 11.5 Å². The second-order valence-corrected chi connectivity index (χ2v) is 14.8. The van der Waals surface area contributed by atoms with E-state index in [2.05, 4.69) is 119 Å². The number of nitrogens with zero attached hydrogens (tertiary/aromatic N) is 1. The van der Waals surface area contributed by atoms with Crippen molar-refractivity contribution in [2.75, 3.05) is 0 Å². The predicted octanol–water partition coefficient (Wildman–Crippen LogP) is 8.50. The zero-order chi connectivity index (χ0) is 28.3. The molecule has 3 rings (SSSR count). The third-order valence-electron chi connectivity index (χ3n) is 7.31. The van der Waals surface area contributed by atoms with Gasteiger partial charge in [-0.2, -0.15) is 0 Å². The molecule has 0 spiro atoms. The van der Waals surface area contributed by atoms with E-state index < -0.39 is 0 Å². The van der Waals surface area contributed by atoms with Crippen LogP contribution in [0.1, 0.15) is 134 Å². The molecule has 3 N–H and O–H groups in total. The van der Waals surface area contributed by atoms with E-state index in [0.717, 1.165) is 44.8 Å². The Bertz CT molecular complexity index is 1130. The lowest BCUT2D eigenvalue weighted by atomic mass is 9.73. The number of nitrogens with one attached hydrogen (secondary N) is 1. The van der Waals surface area contributed by atoms with Crippen molar-refractivity contribution in [3.8, 4) is 11.5 Å². The fraction of sp³-hybridized carbons (Fsp3) is 0.545. The fourth-order valence-corrected chi connectivity index (χ4v) is 5.10. The Morgan fingerprint density at radius 1 is 0.595 bits per heavy atom. The number of phenols is 2. The molecule has 0 amide bonds. The normalized spacial score (nSPS) is 13.5. The number of aryl methyl sites for hydroxylation is 1. The van der Waals surface area contributed by atoms with Gasteiger partial charge in [0.1, 0.15) is 11.5 Å². The molecule has 0 unspecified atom stereocenters. The van der Waals surface area contributed by atoms with Crippen LogP contribution in [0.15, 0.2) is 30.6 Å². The Morgan fingerprint density at radius 3 is 1.11 bits per heavy atom. The summed E-state index contributed by atoms with van der Waals surface area (Å²) in [6, 6.07) is 8.63. The summed E-state index contributed by atoms with van der Waals surface area (Å²) in [4.78, 5) is 8.08. The first kappa shape index (κ1) is 28.8. The first-order valence-electron chi connectivity index (χ1n) is 13.4. The second-order valence-electron chi connectivity index (χ2n) is 14.8. The largest absolute Gasteiger partial charge is 0.507 e. The van der Waals surface area contributed by atoms with Gasteiger partial charge in [-0.1, -0.05) is 107 Å². The van der Waals surface area contributed by atoms with Gasteiger partial charge < -0.3 is 15.2 Å². The number of benzene rings is 2. The number of aromatic hydroxyl groups is 2. The highest BCUT2D eigenvalue weighted by molar-refractivity contribution is 5.57. The number of hydrogen-bond donors (Lipinski definition) is 3. The van der Waals surface area contributed by atoms with Gasteiger partial charge in [-0.05, 0) is 62.0 Å². The summed E-state index contributed by atoms with van der Waals surface area (Å²) in [5.41, 5.74) is 6.89. The molecule has 0 fully saturated rings. The van der Waals surface area contributed by atoms with Crippen LogP contribution < -0.4 is 0 Å². The zero-order valence-electron chi connectivity index (χ0n) is 25.3. The molecule has 3 aromatic rings. The molecule has 0 saturated heterocycles. The topological polar surface area (TPSA) is 69.1 Å². The predicted molar refractivity (Wildman–Crippen MR) is 155 cm³/mol. The summed E-state index contributed by atoms with van der Waals surface area (Å²) < 4.78 is 0. The highest BCUT2D eigenvalue weighted by atomic mass is 16.3. The first-order chi connectivity index (χ1) is 16.6. The lowest BCUT2D eigenvalue weighted by molar-refractivity contribution is 0.422. The molecule has 202 valence electrons. The Hall–Kier alpha value is -2.75. The zero-order valence-corrected chi connectivity index (χ0v) is 25.3. The van der Waals surface area contributed by atoms with Crippen molar-refractivity contribution in [1.29, 1.82) is 0 Å². The summed E-state index contributed by atoms with van der Waals surface area (Å²) in [5, 5.41) is 22.8. The highest BCUT2D eigenvalue weighted by Crippen LogP contribution is 2.46. The van der Waals surface area contributed by atoms with Gasteiger partial charge in [0.15, 0.2) is 0 Å². The summed E-state index contributed by atoms with van der Waals surface area (Å²) in [6.45, 7) is 27.8. The van der Waals surface area contributed by atoms with Crippen molar-refractivity contribution in [2.45, 2.75) is 118 Å². The molecule has 0 radical (unpaired) electrons. The number of hydrogen-bond acceptors (Lipinski definition) is 3. The maximum absolute atomic E-state index is 11.4. The van der Waals surface area contributed by atoms with Crippen LogP contribution in [0, 0.1) is 6.92 Å². The molecule has 0 aliphatic rings. The molecule has 4 nitrogen and oxygen atoms in total. The van der Waals surface area contributed by atoms with Crippen molar-refractivity contribution in [3.05, 3.63) is 75.4 Å².